The van der Waals surface area contributed by atoms with Crippen LogP contribution in [0.5, 0.6) is 0 Å². The first-order valence-electron chi connectivity index (χ1n) is 11.1. The predicted octanol–water partition coefficient (Wildman–Crippen LogP) is 2.97. The van der Waals surface area contributed by atoms with Crippen LogP contribution in [-0.2, 0) is 29.5 Å². The minimum Gasteiger partial charge on any atom is -0.506 e. The molecule has 0 saturated heterocycles. The number of aliphatic hydroxyl groups excluding tert-OH is 1. The SMILES string of the molecule is Cn1cc2c(n1)CCC(n1c(-c3ccccc3)ncc(C(O)=C3C(=O)CCCC3=O)c1=O)C2. The van der Waals surface area contributed by atoms with Crippen molar-refractivity contribution in [1.82, 2.24) is 19.3 Å². The van der Waals surface area contributed by atoms with Crippen LogP contribution in [0.4, 0.5) is 0 Å². The Morgan fingerprint density at radius 3 is 2.52 bits per heavy atom. The monoisotopic (exact) mass is 444 g/mol. The Hall–Kier alpha value is -3.81. The van der Waals surface area contributed by atoms with Gasteiger partial charge < -0.3 is 5.11 Å². The van der Waals surface area contributed by atoms with Gasteiger partial charge >= 0.3 is 0 Å². The van der Waals surface area contributed by atoms with E-state index in [1.165, 1.54) is 6.20 Å². The lowest BCUT2D eigenvalue weighted by Crippen LogP contribution is -2.33. The Morgan fingerprint density at radius 2 is 1.79 bits per heavy atom. The number of rotatable bonds is 3. The molecule has 5 rings (SSSR count). The zero-order valence-electron chi connectivity index (χ0n) is 18.3. The summed E-state index contributed by atoms with van der Waals surface area (Å²) in [6.07, 6.45) is 6.06. The van der Waals surface area contributed by atoms with Gasteiger partial charge in [-0.25, -0.2) is 4.98 Å². The molecule has 1 unspecified atom stereocenters. The lowest BCUT2D eigenvalue weighted by molar-refractivity contribution is -0.123. The van der Waals surface area contributed by atoms with Crippen molar-refractivity contribution in [2.75, 3.05) is 0 Å². The highest BCUT2D eigenvalue weighted by Gasteiger charge is 2.31. The van der Waals surface area contributed by atoms with Crippen molar-refractivity contribution in [3.05, 3.63) is 75.5 Å². The second-order valence-corrected chi connectivity index (χ2v) is 8.63. The topological polar surface area (TPSA) is 107 Å². The quantitative estimate of drug-likeness (QED) is 0.378. The minimum absolute atomic E-state index is 0.120. The van der Waals surface area contributed by atoms with Gasteiger partial charge in [-0.3, -0.25) is 23.6 Å². The normalized spacial score (nSPS) is 18.3. The molecule has 0 bridgehead atoms. The number of allylic oxidation sites excluding steroid dienone is 1. The highest BCUT2D eigenvalue weighted by atomic mass is 16.3. The van der Waals surface area contributed by atoms with Crippen LogP contribution in [0.15, 0.2) is 53.1 Å². The smallest absolute Gasteiger partial charge is 0.265 e. The van der Waals surface area contributed by atoms with Crippen molar-refractivity contribution in [3.8, 4) is 11.4 Å². The number of benzene rings is 1. The molecule has 1 aromatic carbocycles. The van der Waals surface area contributed by atoms with E-state index in [9.17, 15) is 19.5 Å². The van der Waals surface area contributed by atoms with Crippen LogP contribution in [0.1, 0.15) is 48.5 Å². The average Bonchev–Trinajstić information content (AvgIpc) is 3.18. The molecular formula is C25H24N4O4. The number of nitrogens with zero attached hydrogens (tertiary/aromatic N) is 4. The van der Waals surface area contributed by atoms with Crippen LogP contribution in [0, 0.1) is 0 Å². The molecule has 33 heavy (non-hydrogen) atoms. The first kappa shape index (κ1) is 21.1. The molecule has 0 aliphatic heterocycles. The first-order valence-corrected chi connectivity index (χ1v) is 11.1. The second kappa shape index (κ2) is 8.27. The maximum atomic E-state index is 13.8. The lowest BCUT2D eigenvalue weighted by Gasteiger charge is -2.26. The number of carbonyl (C=O) groups is 2. The third-order valence-electron chi connectivity index (χ3n) is 6.41. The number of aryl methyl sites for hydroxylation is 2. The summed E-state index contributed by atoms with van der Waals surface area (Å²) in [5.74, 6) is -0.937. The average molecular weight is 444 g/mol. The van der Waals surface area contributed by atoms with Crippen LogP contribution < -0.4 is 5.56 Å². The zero-order valence-corrected chi connectivity index (χ0v) is 18.3. The van der Waals surface area contributed by atoms with Crippen molar-refractivity contribution >= 4 is 17.3 Å². The van der Waals surface area contributed by atoms with Crippen LogP contribution in [-0.4, -0.2) is 36.0 Å². The third kappa shape index (κ3) is 3.71. The molecule has 0 amide bonds. The molecule has 1 fully saturated rings. The van der Waals surface area contributed by atoms with E-state index < -0.39 is 22.9 Å². The van der Waals surface area contributed by atoms with Gasteiger partial charge in [0.15, 0.2) is 11.6 Å². The molecule has 0 spiro atoms. The van der Waals surface area contributed by atoms with Gasteiger partial charge in [-0.05, 0) is 31.2 Å². The summed E-state index contributed by atoms with van der Waals surface area (Å²) in [6.45, 7) is 0. The van der Waals surface area contributed by atoms with E-state index in [1.807, 2.05) is 43.6 Å². The van der Waals surface area contributed by atoms with Gasteiger partial charge in [0.25, 0.3) is 5.56 Å². The summed E-state index contributed by atoms with van der Waals surface area (Å²) in [7, 11) is 1.87. The van der Waals surface area contributed by atoms with Crippen LogP contribution >= 0.6 is 0 Å². The Bertz CT molecular complexity index is 1330. The molecule has 2 aromatic heterocycles. The number of aliphatic hydroxyl groups is 1. The van der Waals surface area contributed by atoms with Crippen molar-refractivity contribution in [2.24, 2.45) is 7.05 Å². The molecule has 2 aliphatic rings. The number of hydrogen-bond acceptors (Lipinski definition) is 6. The summed E-state index contributed by atoms with van der Waals surface area (Å²) >= 11 is 0. The molecule has 1 N–H and O–H groups in total. The number of Topliss-reactive ketones (excluding diaryl/α,β-unsaturated/α-hetero) is 2. The Labute approximate surface area is 190 Å². The van der Waals surface area contributed by atoms with Crippen molar-refractivity contribution in [3.63, 3.8) is 0 Å². The summed E-state index contributed by atoms with van der Waals surface area (Å²) < 4.78 is 3.38. The van der Waals surface area contributed by atoms with Crippen molar-refractivity contribution in [2.45, 2.75) is 44.6 Å². The van der Waals surface area contributed by atoms with Gasteiger partial charge in [0.1, 0.15) is 22.7 Å². The lowest BCUT2D eigenvalue weighted by atomic mass is 9.90. The maximum Gasteiger partial charge on any atom is 0.265 e. The number of hydrogen-bond donors (Lipinski definition) is 1. The summed E-state index contributed by atoms with van der Waals surface area (Å²) in [5.41, 5.74) is 2.01. The van der Waals surface area contributed by atoms with Crippen LogP contribution in [0.25, 0.3) is 17.1 Å². The van der Waals surface area contributed by atoms with Gasteiger partial charge in [-0.1, -0.05) is 30.3 Å². The fraction of sp³-hybridized carbons (Fsp3) is 0.320. The molecule has 2 aliphatic carbocycles. The summed E-state index contributed by atoms with van der Waals surface area (Å²) in [5, 5.41) is 15.4. The fourth-order valence-corrected chi connectivity index (χ4v) is 4.83. The van der Waals surface area contributed by atoms with Crippen molar-refractivity contribution < 1.29 is 14.7 Å². The second-order valence-electron chi connectivity index (χ2n) is 8.63. The largest absolute Gasteiger partial charge is 0.506 e. The standard InChI is InChI=1S/C25H24N4O4/c1-28-14-16-12-17(10-11-19(16)27-28)29-24(15-6-3-2-4-7-15)26-13-18(25(29)33)23(32)22-20(30)8-5-9-21(22)31/h2-4,6-7,13-14,17,32H,5,8-12H2,1H3. The Kier molecular flexibility index (Phi) is 5.28. The van der Waals surface area contributed by atoms with Crippen LogP contribution in [0.2, 0.25) is 0 Å². The van der Waals surface area contributed by atoms with Gasteiger partial charge in [0.2, 0.25) is 0 Å². The Morgan fingerprint density at radius 1 is 1.06 bits per heavy atom. The molecule has 8 nitrogen and oxygen atoms in total. The molecular weight excluding hydrogens is 420 g/mol. The molecule has 8 heteroatoms. The maximum absolute atomic E-state index is 13.8. The van der Waals surface area contributed by atoms with Gasteiger partial charge in [-0.15, -0.1) is 0 Å². The summed E-state index contributed by atoms with van der Waals surface area (Å²) in [6, 6.07) is 9.19. The molecule has 1 atom stereocenters. The molecule has 0 radical (unpaired) electrons. The van der Waals surface area contributed by atoms with Gasteiger partial charge in [-0.2, -0.15) is 5.10 Å². The van der Waals surface area contributed by atoms with E-state index in [1.54, 1.807) is 9.25 Å². The molecule has 168 valence electrons. The molecule has 2 heterocycles. The third-order valence-corrected chi connectivity index (χ3v) is 6.41. The fourth-order valence-electron chi connectivity index (χ4n) is 4.83. The first-order chi connectivity index (χ1) is 15.9. The predicted molar refractivity (Wildman–Crippen MR) is 122 cm³/mol. The van der Waals surface area contributed by atoms with E-state index >= 15 is 0 Å². The van der Waals surface area contributed by atoms with Crippen molar-refractivity contribution in [1.29, 1.82) is 0 Å². The van der Waals surface area contributed by atoms with Gasteiger partial charge in [0.05, 0.1) is 5.69 Å². The highest BCUT2D eigenvalue weighted by molar-refractivity contribution is 6.25. The van der Waals surface area contributed by atoms with Gasteiger partial charge in [0, 0.05) is 43.9 Å². The van der Waals surface area contributed by atoms with E-state index in [-0.39, 0.29) is 30.0 Å². The Balaban J connectivity index is 1.68. The van der Waals surface area contributed by atoms with E-state index in [0.29, 0.717) is 25.1 Å². The number of carbonyl (C=O) groups excluding carboxylic acids is 2. The minimum atomic E-state index is -0.562. The van der Waals surface area contributed by atoms with E-state index in [2.05, 4.69) is 10.1 Å². The van der Waals surface area contributed by atoms with Crippen LogP contribution in [0.3, 0.4) is 0 Å². The van der Waals surface area contributed by atoms with E-state index in [4.69, 9.17) is 0 Å². The molecule has 1 saturated carbocycles. The number of fused-ring (bicyclic) bond motifs is 1. The zero-order chi connectivity index (χ0) is 23.1. The number of ketones is 2. The highest BCUT2D eigenvalue weighted by Crippen LogP contribution is 2.31. The summed E-state index contributed by atoms with van der Waals surface area (Å²) in [4.78, 5) is 43.0. The number of aromatic nitrogens is 4. The van der Waals surface area contributed by atoms with E-state index in [0.717, 1.165) is 23.2 Å². The molecule has 3 aromatic rings.